The topological polar surface area (TPSA) is 106 Å². The lowest BCUT2D eigenvalue weighted by atomic mass is 10.1. The van der Waals surface area contributed by atoms with Crippen LogP contribution in [0.3, 0.4) is 0 Å². The van der Waals surface area contributed by atoms with E-state index in [-0.39, 0.29) is 23.8 Å². The summed E-state index contributed by atoms with van der Waals surface area (Å²) in [6.45, 7) is 5.54. The van der Waals surface area contributed by atoms with E-state index in [0.29, 0.717) is 35.2 Å². The summed E-state index contributed by atoms with van der Waals surface area (Å²) in [6.07, 6.45) is -4.25. The third-order valence-electron chi connectivity index (χ3n) is 5.35. The number of thioether (sulfide) groups is 1. The Bertz CT molecular complexity index is 1290. The fourth-order valence-corrected chi connectivity index (χ4v) is 4.50. The van der Waals surface area contributed by atoms with E-state index in [1.54, 1.807) is 28.8 Å². The largest absolute Gasteiger partial charge is 0.416 e. The summed E-state index contributed by atoms with van der Waals surface area (Å²) in [5.41, 5.74) is 0.143. The van der Waals surface area contributed by atoms with Crippen LogP contribution in [0.5, 0.6) is 0 Å². The van der Waals surface area contributed by atoms with Gasteiger partial charge in [0.1, 0.15) is 5.82 Å². The van der Waals surface area contributed by atoms with E-state index < -0.39 is 22.9 Å². The van der Waals surface area contributed by atoms with Gasteiger partial charge in [-0.05, 0) is 50.6 Å². The summed E-state index contributed by atoms with van der Waals surface area (Å²) in [5, 5.41) is 13.4. The van der Waals surface area contributed by atoms with Crippen molar-refractivity contribution in [2.24, 2.45) is 0 Å². The van der Waals surface area contributed by atoms with Crippen molar-refractivity contribution in [3.63, 3.8) is 0 Å². The Morgan fingerprint density at radius 2 is 1.68 bits per heavy atom. The Kier molecular flexibility index (Phi) is 9.09. The lowest BCUT2D eigenvalue weighted by molar-refractivity contribution is -0.137. The van der Waals surface area contributed by atoms with Crippen molar-refractivity contribution in [2.45, 2.75) is 56.7 Å². The smallest absolute Gasteiger partial charge is 0.326 e. The Balaban J connectivity index is 1.68. The average molecular weight is 534 g/mol. The molecule has 1 aromatic heterocycles. The van der Waals surface area contributed by atoms with E-state index >= 15 is 0 Å². The van der Waals surface area contributed by atoms with Gasteiger partial charge in [-0.2, -0.15) is 13.2 Å². The van der Waals surface area contributed by atoms with Crippen LogP contribution < -0.4 is 10.6 Å². The minimum absolute atomic E-state index is 0.0218. The van der Waals surface area contributed by atoms with Crippen LogP contribution in [-0.2, 0) is 28.7 Å². The van der Waals surface area contributed by atoms with Crippen molar-refractivity contribution < 1.29 is 27.6 Å². The second kappa shape index (κ2) is 12.0. The number of hydrogen-bond acceptors (Lipinski definition) is 6. The van der Waals surface area contributed by atoms with E-state index in [0.717, 1.165) is 12.1 Å². The molecule has 0 bridgehead atoms. The van der Waals surface area contributed by atoms with Crippen LogP contribution >= 0.6 is 11.8 Å². The summed E-state index contributed by atoms with van der Waals surface area (Å²) in [6, 6.07) is 11.0. The predicted octanol–water partition coefficient (Wildman–Crippen LogP) is 5.21. The number of amides is 2. The number of Topliss-reactive ketones (excluding diaryl/α,β-unsaturated/α-hetero) is 1. The summed E-state index contributed by atoms with van der Waals surface area (Å²) >= 11 is 1.19. The third-order valence-corrected chi connectivity index (χ3v) is 6.69. The number of anilines is 2. The fourth-order valence-electron chi connectivity index (χ4n) is 3.46. The number of aromatic nitrogens is 3. The van der Waals surface area contributed by atoms with Gasteiger partial charge >= 0.3 is 6.18 Å². The first-order chi connectivity index (χ1) is 17.5. The van der Waals surface area contributed by atoms with Crippen LogP contribution in [0.25, 0.3) is 0 Å². The van der Waals surface area contributed by atoms with Crippen molar-refractivity contribution in [1.29, 1.82) is 0 Å². The van der Waals surface area contributed by atoms with Crippen LogP contribution in [0.1, 0.15) is 48.9 Å². The first-order valence-corrected chi connectivity index (χ1v) is 12.4. The van der Waals surface area contributed by atoms with Crippen molar-refractivity contribution in [3.8, 4) is 0 Å². The molecule has 3 aromatic rings. The molecule has 2 N–H and O–H groups in total. The molecule has 0 saturated heterocycles. The molecule has 12 heteroatoms. The fraction of sp³-hybridized carbons (Fsp3) is 0.320. The molecule has 2 aromatic carbocycles. The maximum atomic E-state index is 12.9. The van der Waals surface area contributed by atoms with E-state index in [1.807, 2.05) is 13.8 Å². The first-order valence-electron chi connectivity index (χ1n) is 11.5. The SMILES string of the molecule is CCC(Sc1nnc(CC(=O)Nc2cccc(C(F)(F)F)c2)n1CC)C(=O)Nc1cccc(C(C)=O)c1. The number of hydrogen-bond donors (Lipinski definition) is 2. The number of nitrogens with one attached hydrogen (secondary N) is 2. The van der Waals surface area contributed by atoms with Gasteiger partial charge in [0.15, 0.2) is 10.9 Å². The zero-order valence-electron chi connectivity index (χ0n) is 20.4. The molecule has 0 radical (unpaired) electrons. The van der Waals surface area contributed by atoms with Crippen LogP contribution in [0.2, 0.25) is 0 Å². The first kappa shape index (κ1) is 27.9. The summed E-state index contributed by atoms with van der Waals surface area (Å²) < 4.78 is 40.5. The maximum Gasteiger partial charge on any atom is 0.416 e. The van der Waals surface area contributed by atoms with Gasteiger partial charge in [-0.15, -0.1) is 10.2 Å². The number of nitrogens with zero attached hydrogens (tertiary/aromatic N) is 3. The van der Waals surface area contributed by atoms with Crippen molar-refractivity contribution in [1.82, 2.24) is 14.8 Å². The molecule has 0 fully saturated rings. The standard InChI is InChI=1S/C25H26F3N5O3S/c1-4-20(23(36)30-18-10-6-8-16(12-18)15(3)34)37-24-32-31-21(33(24)5-2)14-22(35)29-19-11-7-9-17(13-19)25(26,27)28/h6-13,20H,4-5,14H2,1-3H3,(H,29,35)(H,30,36). The highest BCUT2D eigenvalue weighted by Crippen LogP contribution is 2.31. The van der Waals surface area contributed by atoms with Gasteiger partial charge in [-0.3, -0.25) is 14.4 Å². The highest BCUT2D eigenvalue weighted by Gasteiger charge is 2.30. The summed E-state index contributed by atoms with van der Waals surface area (Å²) in [4.78, 5) is 37.0. The molecule has 3 rings (SSSR count). The molecule has 1 unspecified atom stereocenters. The Labute approximate surface area is 216 Å². The molecule has 8 nitrogen and oxygen atoms in total. The second-order valence-corrected chi connectivity index (χ2v) is 9.26. The Hall–Kier alpha value is -3.67. The molecule has 1 atom stereocenters. The lowest BCUT2D eigenvalue weighted by Crippen LogP contribution is -2.25. The number of alkyl halides is 3. The van der Waals surface area contributed by atoms with Gasteiger partial charge in [-0.25, -0.2) is 0 Å². The van der Waals surface area contributed by atoms with Gasteiger partial charge < -0.3 is 15.2 Å². The number of carbonyl (C=O) groups is 3. The minimum atomic E-state index is -4.52. The molecule has 196 valence electrons. The van der Waals surface area contributed by atoms with Crippen molar-refractivity contribution >= 4 is 40.7 Å². The Morgan fingerprint density at radius 1 is 1.00 bits per heavy atom. The summed E-state index contributed by atoms with van der Waals surface area (Å²) in [5.74, 6) is -0.618. The van der Waals surface area contributed by atoms with Gasteiger partial charge in [-0.1, -0.05) is 36.9 Å². The van der Waals surface area contributed by atoms with E-state index in [2.05, 4.69) is 20.8 Å². The monoisotopic (exact) mass is 533 g/mol. The molecule has 0 aliphatic rings. The van der Waals surface area contributed by atoms with Crippen molar-refractivity contribution in [2.75, 3.05) is 10.6 Å². The van der Waals surface area contributed by atoms with Crippen LogP contribution in [0.15, 0.2) is 53.7 Å². The molecular weight excluding hydrogens is 507 g/mol. The van der Waals surface area contributed by atoms with Gasteiger partial charge in [0, 0.05) is 23.5 Å². The molecule has 37 heavy (non-hydrogen) atoms. The molecule has 1 heterocycles. The van der Waals surface area contributed by atoms with Gasteiger partial charge in [0.2, 0.25) is 11.8 Å². The quantitative estimate of drug-likeness (QED) is 0.274. The number of carbonyl (C=O) groups excluding carboxylic acids is 3. The van der Waals surface area contributed by atoms with Crippen LogP contribution in [-0.4, -0.2) is 37.6 Å². The molecule has 0 aliphatic heterocycles. The highest BCUT2D eigenvalue weighted by molar-refractivity contribution is 8.00. The van der Waals surface area contributed by atoms with Crippen LogP contribution in [0.4, 0.5) is 24.5 Å². The normalized spacial score (nSPS) is 12.2. The average Bonchev–Trinajstić information content (AvgIpc) is 3.22. The van der Waals surface area contributed by atoms with E-state index in [4.69, 9.17) is 0 Å². The second-order valence-electron chi connectivity index (χ2n) is 8.09. The Morgan fingerprint density at radius 3 is 2.30 bits per heavy atom. The van der Waals surface area contributed by atoms with Crippen molar-refractivity contribution in [3.05, 3.63) is 65.5 Å². The van der Waals surface area contributed by atoms with Gasteiger partial charge in [0.05, 0.1) is 17.2 Å². The molecule has 0 saturated carbocycles. The molecule has 0 spiro atoms. The number of ketones is 1. The highest BCUT2D eigenvalue weighted by atomic mass is 32.2. The van der Waals surface area contributed by atoms with E-state index in [1.165, 1.54) is 30.8 Å². The predicted molar refractivity (Wildman–Crippen MR) is 134 cm³/mol. The maximum absolute atomic E-state index is 12.9. The van der Waals surface area contributed by atoms with Crippen LogP contribution in [0, 0.1) is 0 Å². The zero-order chi connectivity index (χ0) is 27.2. The molecule has 2 amide bonds. The lowest BCUT2D eigenvalue weighted by Gasteiger charge is -2.15. The van der Waals surface area contributed by atoms with E-state index in [9.17, 15) is 27.6 Å². The van der Waals surface area contributed by atoms with Gasteiger partial charge in [0.25, 0.3) is 0 Å². The summed E-state index contributed by atoms with van der Waals surface area (Å²) in [7, 11) is 0. The zero-order valence-corrected chi connectivity index (χ0v) is 21.2. The molecular formula is C25H26F3N5O3S. The number of benzene rings is 2. The minimum Gasteiger partial charge on any atom is -0.326 e. The molecule has 0 aliphatic carbocycles. The number of rotatable bonds is 10. The third kappa shape index (κ3) is 7.42. The number of halogens is 3.